The first kappa shape index (κ1) is 14.9. The summed E-state index contributed by atoms with van der Waals surface area (Å²) in [5, 5.41) is 4.53. The van der Waals surface area contributed by atoms with Crippen LogP contribution >= 0.6 is 11.5 Å². The Balaban J connectivity index is 1.98. The van der Waals surface area contributed by atoms with E-state index in [2.05, 4.69) is 9.69 Å². The van der Waals surface area contributed by atoms with Crippen molar-refractivity contribution >= 4 is 17.4 Å². The number of fused-ring (bicyclic) bond motifs is 1. The van der Waals surface area contributed by atoms with Gasteiger partial charge in [-0.25, -0.2) is 17.5 Å². The van der Waals surface area contributed by atoms with Gasteiger partial charge < -0.3 is 5.32 Å². The zero-order valence-electron chi connectivity index (χ0n) is 12.1. The van der Waals surface area contributed by atoms with Gasteiger partial charge in [-0.3, -0.25) is 4.79 Å². The second-order valence-electron chi connectivity index (χ2n) is 5.37. The van der Waals surface area contributed by atoms with Gasteiger partial charge in [-0.2, -0.15) is 0 Å². The molecule has 1 aliphatic heterocycles. The third kappa shape index (κ3) is 2.20. The summed E-state index contributed by atoms with van der Waals surface area (Å²) in [7, 11) is 0. The van der Waals surface area contributed by atoms with E-state index in [4.69, 9.17) is 0 Å². The summed E-state index contributed by atoms with van der Waals surface area (Å²) in [6, 6.07) is 5.19. The van der Waals surface area contributed by atoms with Gasteiger partial charge in [0, 0.05) is 34.8 Å². The monoisotopic (exact) mass is 346 g/mol. The molecule has 2 aromatic carbocycles. The van der Waals surface area contributed by atoms with Crippen molar-refractivity contribution in [1.82, 2.24) is 9.69 Å². The Hall–Kier alpha value is -2.67. The van der Waals surface area contributed by atoms with Crippen molar-refractivity contribution in [3.8, 4) is 22.3 Å². The van der Waals surface area contributed by atoms with E-state index in [0.29, 0.717) is 17.7 Å². The highest BCUT2D eigenvalue weighted by Crippen LogP contribution is 2.36. The lowest BCUT2D eigenvalue weighted by molar-refractivity contribution is 0.0966. The number of carbonyl (C=O) groups is 1. The Kier molecular flexibility index (Phi) is 3.38. The molecule has 4 rings (SSSR count). The van der Waals surface area contributed by atoms with Crippen molar-refractivity contribution in [2.24, 2.45) is 0 Å². The molecule has 0 unspecified atom stereocenters. The Labute approximate surface area is 138 Å². The molecule has 1 aliphatic rings. The van der Waals surface area contributed by atoms with Crippen molar-refractivity contribution < 1.29 is 18.0 Å². The maximum Gasteiger partial charge on any atom is 0.251 e. The molecule has 3 aromatic rings. The van der Waals surface area contributed by atoms with Crippen LogP contribution in [-0.2, 0) is 6.54 Å². The fourth-order valence-corrected chi connectivity index (χ4v) is 3.37. The van der Waals surface area contributed by atoms with Gasteiger partial charge in [-0.05, 0) is 52.5 Å². The number of nitrogens with zero attached hydrogens (tertiary/aromatic N) is 1. The molecule has 24 heavy (non-hydrogen) atoms. The molecule has 2 heterocycles. The number of carbonyl (C=O) groups excluding carboxylic acids is 1. The number of aromatic nitrogens is 1. The van der Waals surface area contributed by atoms with E-state index >= 15 is 0 Å². The lowest BCUT2D eigenvalue weighted by atomic mass is 9.93. The first-order valence-electron chi connectivity index (χ1n) is 7.05. The smallest absolute Gasteiger partial charge is 0.251 e. The Morgan fingerprint density at radius 2 is 1.79 bits per heavy atom. The van der Waals surface area contributed by atoms with Crippen molar-refractivity contribution in [1.29, 1.82) is 0 Å². The molecule has 3 nitrogen and oxygen atoms in total. The average molecular weight is 346 g/mol. The fourth-order valence-electron chi connectivity index (χ4n) is 2.83. The van der Waals surface area contributed by atoms with Gasteiger partial charge in [-0.1, -0.05) is 0 Å². The second-order valence-corrected chi connectivity index (χ2v) is 6.03. The van der Waals surface area contributed by atoms with Gasteiger partial charge in [0.05, 0.1) is 0 Å². The van der Waals surface area contributed by atoms with Crippen LogP contribution in [0.25, 0.3) is 22.3 Å². The summed E-state index contributed by atoms with van der Waals surface area (Å²) in [6.45, 7) is 0.361. The normalized spacial score (nSPS) is 13.0. The number of hydrogen-bond acceptors (Lipinski definition) is 3. The van der Waals surface area contributed by atoms with Crippen molar-refractivity contribution in [2.45, 2.75) is 6.54 Å². The highest BCUT2D eigenvalue weighted by atomic mass is 32.1. The first-order valence-corrected chi connectivity index (χ1v) is 7.88. The van der Waals surface area contributed by atoms with Gasteiger partial charge >= 0.3 is 0 Å². The molecule has 0 fully saturated rings. The van der Waals surface area contributed by atoms with E-state index in [1.165, 1.54) is 17.6 Å². The molecule has 0 saturated carbocycles. The van der Waals surface area contributed by atoms with Gasteiger partial charge in [0.15, 0.2) is 17.5 Å². The number of nitrogens with one attached hydrogen (secondary N) is 1. The standard InChI is InChI=1S/C17H9F3N2OS/c18-14-2-1-10(15(19)16(14)20)8-3-11(9-5-22-24-7-9)13-6-21-17(23)12(13)4-8/h1-5,7H,6H2,(H,21,23). The number of hydrogen-bond donors (Lipinski definition) is 1. The van der Waals surface area contributed by atoms with E-state index in [1.54, 1.807) is 12.3 Å². The van der Waals surface area contributed by atoms with E-state index < -0.39 is 17.5 Å². The predicted octanol–water partition coefficient (Wildman–Crippen LogP) is 4.14. The molecular formula is C17H9F3N2OS. The summed E-state index contributed by atoms with van der Waals surface area (Å²) < 4.78 is 44.9. The molecule has 0 saturated heterocycles. The Morgan fingerprint density at radius 3 is 2.54 bits per heavy atom. The number of amides is 1. The highest BCUT2D eigenvalue weighted by Gasteiger charge is 2.25. The minimum absolute atomic E-state index is 0.0964. The molecular weight excluding hydrogens is 337 g/mol. The minimum atomic E-state index is -1.53. The SMILES string of the molecule is O=C1NCc2c1cc(-c1ccc(F)c(F)c1F)cc2-c1cnsc1. The number of rotatable bonds is 2. The number of halogens is 3. The minimum Gasteiger partial charge on any atom is -0.348 e. The van der Waals surface area contributed by atoms with Crippen LogP contribution in [0.3, 0.4) is 0 Å². The lowest BCUT2D eigenvalue weighted by Gasteiger charge is -2.11. The fraction of sp³-hybridized carbons (Fsp3) is 0.0588. The van der Waals surface area contributed by atoms with Crippen LogP contribution in [-0.4, -0.2) is 10.3 Å². The van der Waals surface area contributed by atoms with Crippen molar-refractivity contribution in [3.63, 3.8) is 0 Å². The Morgan fingerprint density at radius 1 is 1.00 bits per heavy atom. The predicted molar refractivity (Wildman–Crippen MR) is 84.0 cm³/mol. The van der Waals surface area contributed by atoms with Gasteiger partial charge in [0.1, 0.15) is 0 Å². The van der Waals surface area contributed by atoms with Crippen LogP contribution in [0.15, 0.2) is 35.8 Å². The van der Waals surface area contributed by atoms with E-state index in [1.807, 2.05) is 5.38 Å². The van der Waals surface area contributed by atoms with E-state index in [9.17, 15) is 18.0 Å². The largest absolute Gasteiger partial charge is 0.348 e. The summed E-state index contributed by atoms with van der Waals surface area (Å²) in [4.78, 5) is 12.0. The molecule has 7 heteroatoms. The third-order valence-electron chi connectivity index (χ3n) is 4.01. The molecule has 1 aromatic heterocycles. The van der Waals surface area contributed by atoms with E-state index in [0.717, 1.165) is 28.8 Å². The molecule has 0 bridgehead atoms. The molecule has 1 N–H and O–H groups in total. The van der Waals surface area contributed by atoms with Gasteiger partial charge in [0.25, 0.3) is 5.91 Å². The van der Waals surface area contributed by atoms with E-state index in [-0.39, 0.29) is 11.5 Å². The molecule has 0 spiro atoms. The van der Waals surface area contributed by atoms with Crippen LogP contribution in [0.1, 0.15) is 15.9 Å². The maximum atomic E-state index is 14.1. The summed E-state index contributed by atoms with van der Waals surface area (Å²) in [5.74, 6) is -4.34. The average Bonchev–Trinajstić information content (AvgIpc) is 3.23. The first-order chi connectivity index (χ1) is 11.6. The van der Waals surface area contributed by atoms with Crippen LogP contribution in [0, 0.1) is 17.5 Å². The molecule has 120 valence electrons. The zero-order chi connectivity index (χ0) is 16.8. The van der Waals surface area contributed by atoms with Crippen LogP contribution in [0.5, 0.6) is 0 Å². The molecule has 0 aliphatic carbocycles. The maximum absolute atomic E-state index is 14.1. The summed E-state index contributed by atoms with van der Waals surface area (Å²) in [5.41, 5.74) is 2.91. The second kappa shape index (κ2) is 5.45. The Bertz CT molecular complexity index is 970. The van der Waals surface area contributed by atoms with Crippen LogP contribution in [0.2, 0.25) is 0 Å². The molecule has 1 amide bonds. The lowest BCUT2D eigenvalue weighted by Crippen LogP contribution is -2.12. The van der Waals surface area contributed by atoms with Crippen LogP contribution in [0.4, 0.5) is 13.2 Å². The molecule has 0 atom stereocenters. The number of benzene rings is 2. The summed E-state index contributed by atoms with van der Waals surface area (Å²) >= 11 is 1.25. The highest BCUT2D eigenvalue weighted by molar-refractivity contribution is 7.03. The van der Waals surface area contributed by atoms with Crippen molar-refractivity contribution in [3.05, 3.63) is 64.4 Å². The summed E-state index contributed by atoms with van der Waals surface area (Å²) in [6.07, 6.45) is 1.65. The quantitative estimate of drug-likeness (QED) is 0.709. The molecule has 0 radical (unpaired) electrons. The third-order valence-corrected chi connectivity index (χ3v) is 4.60. The van der Waals surface area contributed by atoms with Gasteiger partial charge in [-0.15, -0.1) is 0 Å². The van der Waals surface area contributed by atoms with Crippen molar-refractivity contribution in [2.75, 3.05) is 0 Å². The zero-order valence-corrected chi connectivity index (χ0v) is 12.9. The van der Waals surface area contributed by atoms with Crippen LogP contribution < -0.4 is 5.32 Å². The van der Waals surface area contributed by atoms with Gasteiger partial charge in [0.2, 0.25) is 0 Å². The topological polar surface area (TPSA) is 42.0 Å².